The molecule has 1 fully saturated rings. The lowest BCUT2D eigenvalue weighted by Gasteiger charge is -2.28. The fourth-order valence-corrected chi connectivity index (χ4v) is 8.40. The van der Waals surface area contributed by atoms with Crippen molar-refractivity contribution in [1.82, 2.24) is 47.5 Å². The number of hydrogen-bond donors (Lipinski definition) is 15. The summed E-state index contributed by atoms with van der Waals surface area (Å²) in [5, 5.41) is 20.8. The molecule has 2 aromatic carbocycles. The summed E-state index contributed by atoms with van der Waals surface area (Å²) in [7, 11) is 0. The summed E-state index contributed by atoms with van der Waals surface area (Å²) in [4.78, 5) is 161. The van der Waals surface area contributed by atoms with Crippen LogP contribution in [0.2, 0.25) is 5.02 Å². The van der Waals surface area contributed by atoms with Gasteiger partial charge in [-0.05, 0) is 68.2 Å². The number of fused-ring (bicyclic) bond motifs is 1. The number of primary amides is 2. The zero-order chi connectivity index (χ0) is 57.5. The maximum atomic E-state index is 14.7. The van der Waals surface area contributed by atoms with Crippen LogP contribution in [-0.2, 0) is 65.6 Å². The number of carbonyl (C=O) groups excluding carboxylic acids is 11. The van der Waals surface area contributed by atoms with Gasteiger partial charge in [0.25, 0.3) is 0 Å². The molecule has 3 aromatic rings. The van der Waals surface area contributed by atoms with E-state index < -0.39 is 146 Å². The number of halogens is 1. The number of imide groups is 1. The molecule has 1 aromatic heterocycles. The number of carbonyl (C=O) groups is 11. The van der Waals surface area contributed by atoms with Gasteiger partial charge in [-0.15, -0.1) is 0 Å². The van der Waals surface area contributed by atoms with E-state index in [-0.39, 0.29) is 68.6 Å². The van der Waals surface area contributed by atoms with Crippen molar-refractivity contribution in [3.8, 4) is 0 Å². The number of aliphatic imine (C=N–C) groups is 2. The first-order valence-corrected chi connectivity index (χ1v) is 25.3. The van der Waals surface area contributed by atoms with Crippen molar-refractivity contribution >= 4 is 99.4 Å². The van der Waals surface area contributed by atoms with E-state index in [0.717, 1.165) is 6.92 Å². The van der Waals surface area contributed by atoms with Crippen LogP contribution in [0, 0.1) is 0 Å². The van der Waals surface area contributed by atoms with Gasteiger partial charge in [-0.3, -0.25) is 68.0 Å². The second kappa shape index (κ2) is 30.7. The van der Waals surface area contributed by atoms with Gasteiger partial charge < -0.3 is 76.6 Å². The number of para-hydroxylation sites is 1. The number of nitrogens with one attached hydrogen (secondary N) is 9. The summed E-state index contributed by atoms with van der Waals surface area (Å²) in [6.45, 7) is 1.18. The van der Waals surface area contributed by atoms with Gasteiger partial charge in [-0.1, -0.05) is 48.0 Å². The van der Waals surface area contributed by atoms with E-state index >= 15 is 0 Å². The highest BCUT2D eigenvalue weighted by atomic mass is 35.5. The van der Waals surface area contributed by atoms with Crippen molar-refractivity contribution in [2.45, 2.75) is 126 Å². The predicted molar refractivity (Wildman–Crippen MR) is 285 cm³/mol. The Balaban J connectivity index is 1.83. The quantitative estimate of drug-likeness (QED) is 0.0236. The van der Waals surface area contributed by atoms with Crippen LogP contribution < -0.4 is 76.9 Å². The summed E-state index contributed by atoms with van der Waals surface area (Å²) < 4.78 is 0. The van der Waals surface area contributed by atoms with Crippen molar-refractivity contribution in [2.24, 2.45) is 44.4 Å². The van der Waals surface area contributed by atoms with Gasteiger partial charge in [0.15, 0.2) is 11.9 Å². The maximum absolute atomic E-state index is 14.7. The minimum Gasteiger partial charge on any atom is -0.370 e. The first-order valence-electron chi connectivity index (χ1n) is 24.9. The average molecular weight is 1110 g/mol. The molecule has 0 radical (unpaired) electrons. The number of rotatable bonds is 19. The van der Waals surface area contributed by atoms with Gasteiger partial charge in [0.05, 0.1) is 0 Å². The molecule has 78 heavy (non-hydrogen) atoms. The lowest BCUT2D eigenvalue weighted by atomic mass is 10.0. The van der Waals surface area contributed by atoms with Crippen LogP contribution in [0.1, 0.15) is 82.3 Å². The minimum absolute atomic E-state index is 0.0174. The predicted octanol–water partition coefficient (Wildman–Crippen LogP) is -3.91. The number of nitrogens with zero attached hydrogens (tertiary/aromatic N) is 2. The molecule has 0 saturated carbocycles. The van der Waals surface area contributed by atoms with Crippen LogP contribution in [0.5, 0.6) is 0 Å². The zero-order valence-corrected chi connectivity index (χ0v) is 43.6. The Hall–Kier alpha value is -8.82. The largest absolute Gasteiger partial charge is 0.370 e. The third kappa shape index (κ3) is 20.7. The average Bonchev–Trinajstić information content (AvgIpc) is 3.82. The van der Waals surface area contributed by atoms with E-state index in [1.807, 2.05) is 0 Å². The monoisotopic (exact) mass is 1110 g/mol. The molecule has 0 unspecified atom stereocenters. The molecule has 29 heteroatoms. The van der Waals surface area contributed by atoms with Crippen molar-refractivity contribution in [3.63, 3.8) is 0 Å². The molecule has 0 aliphatic carbocycles. The second-order valence-corrected chi connectivity index (χ2v) is 18.7. The molecule has 1 aliphatic heterocycles. The van der Waals surface area contributed by atoms with Crippen LogP contribution in [0.15, 0.2) is 64.7 Å². The highest BCUT2D eigenvalue weighted by Gasteiger charge is 2.35. The Morgan fingerprint density at radius 1 is 0.654 bits per heavy atom. The third-order valence-electron chi connectivity index (χ3n) is 12.2. The Morgan fingerprint density at radius 3 is 1.81 bits per heavy atom. The summed E-state index contributed by atoms with van der Waals surface area (Å²) in [5.74, 6) is -10.9. The second-order valence-electron chi connectivity index (χ2n) is 18.3. The van der Waals surface area contributed by atoms with E-state index in [1.165, 1.54) is 6.07 Å². The van der Waals surface area contributed by atoms with Gasteiger partial charge in [0.2, 0.25) is 65.0 Å². The summed E-state index contributed by atoms with van der Waals surface area (Å²) in [6, 6.07) is 2.65. The van der Waals surface area contributed by atoms with E-state index in [4.69, 9.17) is 46.0 Å². The smallest absolute Gasteiger partial charge is 0.243 e. The Labute approximate surface area is 452 Å². The third-order valence-corrected chi connectivity index (χ3v) is 12.5. The number of aromatic amines is 1. The van der Waals surface area contributed by atoms with Crippen molar-refractivity contribution in [2.75, 3.05) is 13.1 Å². The van der Waals surface area contributed by atoms with Crippen molar-refractivity contribution in [1.29, 1.82) is 0 Å². The molecule has 4 rings (SSSR count). The molecule has 1 saturated heterocycles. The maximum Gasteiger partial charge on any atom is 0.243 e. The van der Waals surface area contributed by atoms with E-state index in [2.05, 4.69) is 57.5 Å². The highest BCUT2D eigenvalue weighted by molar-refractivity contribution is 6.31. The summed E-state index contributed by atoms with van der Waals surface area (Å²) >= 11 is 6.55. The number of H-pyrrole nitrogens is 1. The molecule has 0 spiro atoms. The Kier molecular flexibility index (Phi) is 24.3. The topological polar surface area (TPSA) is 481 Å². The SMILES string of the molecule is CC(=O)N[C@@H](CCCN=C(N)N)C(=O)N[C@H]1CCC(=O)NC(=O)CC[C@@H](C(N)=O)NC(=O)[C@H](Cc2c[nH]c3ccccc23)NC(=O)[C@H](CCCN=C(N)N)NC(=O)[C@@H](Cc2ccccc2Cl)NC(=O)[C@H](CCC(N)=O)NC1=O. The number of benzene rings is 2. The minimum atomic E-state index is -1.69. The Morgan fingerprint density at radius 2 is 1.19 bits per heavy atom. The molecule has 7 atom stereocenters. The van der Waals surface area contributed by atoms with Crippen LogP contribution in [0.25, 0.3) is 10.9 Å². The van der Waals surface area contributed by atoms with Gasteiger partial charge in [0.1, 0.15) is 42.3 Å². The fraction of sp³-hybridized carbons (Fsp3) is 0.449. The number of aromatic nitrogens is 1. The number of amides is 11. The molecule has 28 nitrogen and oxygen atoms in total. The van der Waals surface area contributed by atoms with Gasteiger partial charge >= 0.3 is 0 Å². The van der Waals surface area contributed by atoms with E-state index in [9.17, 15) is 52.7 Å². The molecule has 21 N–H and O–H groups in total. The molecule has 422 valence electrons. The summed E-state index contributed by atoms with van der Waals surface area (Å²) in [5.41, 5.74) is 34.7. The van der Waals surface area contributed by atoms with Crippen molar-refractivity contribution in [3.05, 3.63) is 70.9 Å². The van der Waals surface area contributed by atoms with Crippen LogP contribution in [0.3, 0.4) is 0 Å². The molecular weight excluding hydrogens is 1040 g/mol. The molecule has 2 heterocycles. The van der Waals surface area contributed by atoms with Gasteiger partial charge in [-0.2, -0.15) is 0 Å². The van der Waals surface area contributed by atoms with Crippen LogP contribution in [0.4, 0.5) is 0 Å². The first kappa shape index (κ1) is 61.7. The summed E-state index contributed by atoms with van der Waals surface area (Å²) in [6.07, 6.45) is -1.98. The zero-order valence-electron chi connectivity index (χ0n) is 42.9. The fourth-order valence-electron chi connectivity index (χ4n) is 8.19. The number of guanidine groups is 2. The molecule has 1 aliphatic rings. The highest BCUT2D eigenvalue weighted by Crippen LogP contribution is 2.21. The van der Waals surface area contributed by atoms with Crippen LogP contribution >= 0.6 is 11.6 Å². The molecule has 11 amide bonds. The lowest BCUT2D eigenvalue weighted by Crippen LogP contribution is -2.60. The van der Waals surface area contributed by atoms with E-state index in [0.29, 0.717) is 22.0 Å². The van der Waals surface area contributed by atoms with Gasteiger partial charge in [-0.25, -0.2) is 0 Å². The normalized spacial score (nSPS) is 20.7. The lowest BCUT2D eigenvalue weighted by molar-refractivity contribution is -0.136. The Bertz CT molecular complexity index is 2740. The number of nitrogens with two attached hydrogens (primary N) is 6. The van der Waals surface area contributed by atoms with Crippen molar-refractivity contribution < 1.29 is 52.7 Å². The van der Waals surface area contributed by atoms with Gasteiger partial charge in [0, 0.05) is 74.2 Å². The molecular formula is C49H68ClN17O11. The van der Waals surface area contributed by atoms with E-state index in [1.54, 1.807) is 48.7 Å². The number of hydrogen-bond acceptors (Lipinski definition) is 13. The standard InChI is InChI=1S/C49H68ClN17O11/c1-25(68)60-32(12-6-20-57-48(53)54)42(73)64-35-16-19-40(71)67-39(70)18-15-31(41(52)72)61-46(77)37(23-27-24-59-30-11-5-3-9-28(27)30)66-43(74)33(13-7-21-58-49(55)56)62-47(78)36(22-26-8-2-4-10-29(26)50)65-45(76)34(63-44(35)75)14-17-38(51)69/h2-5,8-11,24,31-37,59H,6-7,12-23H2,1H3,(H2,51,69)(H2,52,72)(H,60,68)(H,61,77)(H,62,78)(H,63,75)(H,64,73)(H,65,76)(H,66,74)(H4,53,54,57)(H4,55,56,58)(H,67,70,71)/t31-,32-,33-,34-,35-,36+,37-/m0/s1. The first-order chi connectivity index (χ1) is 37.0. The van der Waals surface area contributed by atoms with Crippen LogP contribution in [-0.4, -0.2) is 137 Å². The molecule has 0 bridgehead atoms.